The Kier molecular flexibility index (Phi) is 6.42. The molecule has 0 aliphatic rings. The largest absolute Gasteiger partial charge is 0.496 e. The Morgan fingerprint density at radius 3 is 2.48 bits per heavy atom. The molecule has 6 heteroatoms. The predicted molar refractivity (Wildman–Crippen MR) is 99.6 cm³/mol. The van der Waals surface area contributed by atoms with Crippen LogP contribution in [0.3, 0.4) is 0 Å². The van der Waals surface area contributed by atoms with Gasteiger partial charge in [-0.15, -0.1) is 0 Å². The van der Waals surface area contributed by atoms with Gasteiger partial charge in [0.2, 0.25) is 0 Å². The zero-order chi connectivity index (χ0) is 18.4. The number of hydrogen-bond acceptors (Lipinski definition) is 3. The summed E-state index contributed by atoms with van der Waals surface area (Å²) < 4.78 is 5.20. The van der Waals surface area contributed by atoms with Gasteiger partial charge in [0.25, 0.3) is 11.8 Å². The number of carbonyl (C=O) groups is 2. The summed E-state index contributed by atoms with van der Waals surface area (Å²) in [5.41, 5.74) is 1.13. The fraction of sp³-hybridized carbons (Fsp3) is 0.263. The number of amides is 2. The van der Waals surface area contributed by atoms with Crippen molar-refractivity contribution in [2.75, 3.05) is 19.0 Å². The molecular weight excluding hydrogens is 340 g/mol. The van der Waals surface area contributed by atoms with Crippen molar-refractivity contribution in [3.8, 4) is 5.75 Å². The van der Waals surface area contributed by atoms with Crippen LogP contribution in [0.2, 0.25) is 5.02 Å². The average molecular weight is 361 g/mol. The number of hydrogen-bond donors (Lipinski definition) is 2. The van der Waals surface area contributed by atoms with Gasteiger partial charge < -0.3 is 15.4 Å². The second-order valence-corrected chi connectivity index (χ2v) is 6.38. The number of carbonyl (C=O) groups excluding carboxylic acids is 2. The molecule has 0 fully saturated rings. The van der Waals surface area contributed by atoms with E-state index in [-0.39, 0.29) is 5.91 Å². The Hall–Kier alpha value is -2.53. The van der Waals surface area contributed by atoms with Gasteiger partial charge in [-0.25, -0.2) is 0 Å². The maximum atomic E-state index is 12.6. The number of halogens is 1. The lowest BCUT2D eigenvalue weighted by molar-refractivity contribution is 0.0950. The van der Waals surface area contributed by atoms with Gasteiger partial charge in [0.1, 0.15) is 5.75 Å². The first-order valence-corrected chi connectivity index (χ1v) is 8.32. The van der Waals surface area contributed by atoms with Crippen LogP contribution in [0.4, 0.5) is 5.69 Å². The SMILES string of the molecule is COc1ccc(Cl)cc1C(=O)Nc1ccccc1C(=O)NCC(C)C. The molecular formula is C19H21ClN2O3. The summed E-state index contributed by atoms with van der Waals surface area (Å²) in [4.78, 5) is 25.0. The van der Waals surface area contributed by atoms with Crippen LogP contribution in [0.15, 0.2) is 42.5 Å². The van der Waals surface area contributed by atoms with E-state index in [4.69, 9.17) is 16.3 Å². The van der Waals surface area contributed by atoms with Crippen LogP contribution < -0.4 is 15.4 Å². The van der Waals surface area contributed by atoms with Crippen LogP contribution in [-0.2, 0) is 0 Å². The monoisotopic (exact) mass is 360 g/mol. The highest BCUT2D eigenvalue weighted by Gasteiger charge is 2.17. The highest BCUT2D eigenvalue weighted by atomic mass is 35.5. The second-order valence-electron chi connectivity index (χ2n) is 5.95. The Labute approximate surface area is 152 Å². The molecule has 0 aliphatic carbocycles. The van der Waals surface area contributed by atoms with Crippen LogP contribution >= 0.6 is 11.6 Å². The number of benzene rings is 2. The molecule has 25 heavy (non-hydrogen) atoms. The van der Waals surface area contributed by atoms with Crippen molar-refractivity contribution in [2.45, 2.75) is 13.8 Å². The van der Waals surface area contributed by atoms with Crippen molar-refractivity contribution < 1.29 is 14.3 Å². The maximum Gasteiger partial charge on any atom is 0.259 e. The minimum absolute atomic E-state index is 0.234. The van der Waals surface area contributed by atoms with Crippen molar-refractivity contribution >= 4 is 29.1 Å². The minimum Gasteiger partial charge on any atom is -0.496 e. The van der Waals surface area contributed by atoms with E-state index >= 15 is 0 Å². The molecule has 0 aliphatic heterocycles. The summed E-state index contributed by atoms with van der Waals surface area (Å²) in [5.74, 6) is 0.108. The number of nitrogens with one attached hydrogen (secondary N) is 2. The third kappa shape index (κ3) is 4.97. The van der Waals surface area contributed by atoms with Crippen LogP contribution in [0.25, 0.3) is 0 Å². The minimum atomic E-state index is -0.400. The molecule has 5 nitrogen and oxygen atoms in total. The fourth-order valence-corrected chi connectivity index (χ4v) is 2.40. The Morgan fingerprint density at radius 1 is 1.08 bits per heavy atom. The van der Waals surface area contributed by atoms with Crippen LogP contribution in [0, 0.1) is 5.92 Å². The molecule has 0 bridgehead atoms. The molecule has 0 aromatic heterocycles. The number of para-hydroxylation sites is 1. The van der Waals surface area contributed by atoms with Gasteiger partial charge in [-0.2, -0.15) is 0 Å². The molecule has 2 amide bonds. The molecule has 0 saturated carbocycles. The molecule has 0 heterocycles. The smallest absolute Gasteiger partial charge is 0.259 e. The summed E-state index contributed by atoms with van der Waals surface area (Å²) in [5, 5.41) is 6.03. The fourth-order valence-electron chi connectivity index (χ4n) is 2.23. The first-order valence-electron chi connectivity index (χ1n) is 7.94. The topological polar surface area (TPSA) is 67.4 Å². The van der Waals surface area contributed by atoms with Gasteiger partial charge in [-0.3, -0.25) is 9.59 Å². The summed E-state index contributed by atoms with van der Waals surface area (Å²) in [6.07, 6.45) is 0. The first kappa shape index (κ1) is 18.8. The zero-order valence-electron chi connectivity index (χ0n) is 14.4. The van der Waals surface area contributed by atoms with E-state index in [2.05, 4.69) is 10.6 Å². The van der Waals surface area contributed by atoms with Crippen LogP contribution in [-0.4, -0.2) is 25.5 Å². The molecule has 2 aromatic carbocycles. The summed E-state index contributed by atoms with van der Waals surface area (Å²) in [7, 11) is 1.48. The Morgan fingerprint density at radius 2 is 1.80 bits per heavy atom. The average Bonchev–Trinajstić information content (AvgIpc) is 2.60. The molecule has 2 aromatic rings. The van der Waals surface area contributed by atoms with Crippen molar-refractivity contribution in [3.63, 3.8) is 0 Å². The molecule has 132 valence electrons. The summed E-state index contributed by atoms with van der Waals surface area (Å²) in [6, 6.07) is 11.6. The van der Waals surface area contributed by atoms with Crippen molar-refractivity contribution in [3.05, 3.63) is 58.6 Å². The molecule has 2 rings (SSSR count). The number of rotatable bonds is 6. The van der Waals surface area contributed by atoms with E-state index in [9.17, 15) is 9.59 Å². The van der Waals surface area contributed by atoms with Crippen LogP contribution in [0.1, 0.15) is 34.6 Å². The maximum absolute atomic E-state index is 12.6. The molecule has 0 spiro atoms. The lowest BCUT2D eigenvalue weighted by Crippen LogP contribution is -2.28. The number of methoxy groups -OCH3 is 1. The Balaban J connectivity index is 2.25. The van der Waals surface area contributed by atoms with E-state index in [1.807, 2.05) is 13.8 Å². The number of ether oxygens (including phenoxy) is 1. The first-order chi connectivity index (χ1) is 11.9. The van der Waals surface area contributed by atoms with E-state index < -0.39 is 5.91 Å². The Bertz CT molecular complexity index is 775. The lowest BCUT2D eigenvalue weighted by atomic mass is 10.1. The van der Waals surface area contributed by atoms with Gasteiger partial charge in [0, 0.05) is 11.6 Å². The second kappa shape index (κ2) is 8.53. The van der Waals surface area contributed by atoms with Gasteiger partial charge in [0.05, 0.1) is 23.9 Å². The van der Waals surface area contributed by atoms with Gasteiger partial charge in [-0.05, 0) is 36.2 Å². The van der Waals surface area contributed by atoms with E-state index in [1.165, 1.54) is 13.2 Å². The highest BCUT2D eigenvalue weighted by molar-refractivity contribution is 6.31. The quantitative estimate of drug-likeness (QED) is 0.818. The molecule has 0 radical (unpaired) electrons. The highest BCUT2D eigenvalue weighted by Crippen LogP contribution is 2.24. The summed E-state index contributed by atoms with van der Waals surface area (Å²) >= 11 is 5.97. The van der Waals surface area contributed by atoms with Crippen molar-refractivity contribution in [1.29, 1.82) is 0 Å². The normalized spacial score (nSPS) is 10.4. The predicted octanol–water partition coefficient (Wildman–Crippen LogP) is 3.99. The molecule has 0 unspecified atom stereocenters. The standard InChI is InChI=1S/C19H21ClN2O3/c1-12(2)11-21-18(23)14-6-4-5-7-16(14)22-19(24)15-10-13(20)8-9-17(15)25-3/h4-10,12H,11H2,1-3H3,(H,21,23)(H,22,24). The number of anilines is 1. The molecule has 0 saturated heterocycles. The van der Waals surface area contributed by atoms with E-state index in [0.717, 1.165) is 0 Å². The van der Waals surface area contributed by atoms with Gasteiger partial charge in [-0.1, -0.05) is 37.6 Å². The third-order valence-electron chi connectivity index (χ3n) is 3.50. The van der Waals surface area contributed by atoms with Crippen molar-refractivity contribution in [2.24, 2.45) is 5.92 Å². The summed E-state index contributed by atoms with van der Waals surface area (Å²) in [6.45, 7) is 4.59. The lowest BCUT2D eigenvalue weighted by Gasteiger charge is -2.14. The zero-order valence-corrected chi connectivity index (χ0v) is 15.2. The van der Waals surface area contributed by atoms with Gasteiger partial charge >= 0.3 is 0 Å². The van der Waals surface area contributed by atoms with E-state index in [1.54, 1.807) is 36.4 Å². The van der Waals surface area contributed by atoms with E-state index in [0.29, 0.717) is 40.0 Å². The molecule has 0 atom stereocenters. The van der Waals surface area contributed by atoms with Crippen molar-refractivity contribution in [1.82, 2.24) is 5.32 Å². The molecule has 2 N–H and O–H groups in total. The van der Waals surface area contributed by atoms with Crippen LogP contribution in [0.5, 0.6) is 5.75 Å². The van der Waals surface area contributed by atoms with Gasteiger partial charge in [0.15, 0.2) is 0 Å². The third-order valence-corrected chi connectivity index (χ3v) is 3.73.